The molecule has 0 aliphatic rings. The van der Waals surface area contributed by atoms with Crippen LogP contribution < -0.4 is 15.6 Å². The molecule has 0 atom stereocenters. The van der Waals surface area contributed by atoms with Crippen LogP contribution in [-0.4, -0.2) is 24.3 Å². The molecule has 0 amide bonds. The number of rotatable bonds is 4. The first-order valence-electron chi connectivity index (χ1n) is 4.22. The van der Waals surface area contributed by atoms with Crippen LogP contribution in [0, 0.1) is 5.21 Å². The minimum absolute atomic E-state index is 0. The monoisotopic (exact) mass is 229 g/mol. The van der Waals surface area contributed by atoms with Crippen molar-refractivity contribution in [3.63, 3.8) is 0 Å². The number of hydrogen-bond donors (Lipinski definition) is 2. The predicted octanol–water partition coefficient (Wildman–Crippen LogP) is 1.72. The molecule has 0 saturated heterocycles. The average molecular weight is 229 g/mol. The second-order valence-electron chi connectivity index (χ2n) is 2.79. The molecular formula is C9H15N3O4. The van der Waals surface area contributed by atoms with Crippen molar-refractivity contribution in [1.29, 1.82) is 0 Å². The van der Waals surface area contributed by atoms with E-state index in [0.717, 1.165) is 0 Å². The van der Waals surface area contributed by atoms with E-state index in [9.17, 15) is 5.21 Å². The fourth-order valence-electron chi connectivity index (χ4n) is 1.17. The zero-order valence-electron chi connectivity index (χ0n) is 9.21. The molecule has 0 spiro atoms. The highest BCUT2D eigenvalue weighted by Crippen LogP contribution is 2.27. The molecule has 0 heterocycles. The number of hydrogen-bond acceptors (Lipinski definition) is 5. The lowest BCUT2D eigenvalue weighted by Crippen LogP contribution is -2.01. The molecule has 0 saturated carbocycles. The van der Waals surface area contributed by atoms with E-state index in [-0.39, 0.29) is 17.6 Å². The molecule has 0 fully saturated rings. The predicted molar refractivity (Wildman–Crippen MR) is 56.1 cm³/mol. The van der Waals surface area contributed by atoms with E-state index in [0.29, 0.717) is 17.1 Å². The van der Waals surface area contributed by atoms with Crippen LogP contribution in [0.5, 0.6) is 11.5 Å². The summed E-state index contributed by atoms with van der Waals surface area (Å²) in [5.74, 6) is 1.11. The van der Waals surface area contributed by atoms with Gasteiger partial charge in [0.25, 0.3) is 0 Å². The van der Waals surface area contributed by atoms with E-state index in [1.807, 2.05) is 0 Å². The fourth-order valence-corrected chi connectivity index (χ4v) is 1.17. The van der Waals surface area contributed by atoms with Crippen LogP contribution in [0.3, 0.4) is 0 Å². The van der Waals surface area contributed by atoms with E-state index >= 15 is 0 Å². The molecule has 0 aromatic heterocycles. The van der Waals surface area contributed by atoms with Crippen LogP contribution >= 0.6 is 0 Å². The third kappa shape index (κ3) is 3.28. The van der Waals surface area contributed by atoms with Gasteiger partial charge in [0.2, 0.25) is 6.54 Å². The van der Waals surface area contributed by atoms with Crippen LogP contribution in [0.4, 0.5) is 0 Å². The SMILES string of the molecule is COc1ccc(C[N+]([O-])=NO)cc1OC.N. The Morgan fingerprint density at radius 2 is 1.94 bits per heavy atom. The van der Waals surface area contributed by atoms with Gasteiger partial charge < -0.3 is 26.0 Å². The average Bonchev–Trinajstić information content (AvgIpc) is 2.28. The summed E-state index contributed by atoms with van der Waals surface area (Å²) in [7, 11) is 3.04. The van der Waals surface area contributed by atoms with Crippen LogP contribution in [0.15, 0.2) is 23.5 Å². The van der Waals surface area contributed by atoms with Crippen molar-refractivity contribution >= 4 is 0 Å². The summed E-state index contributed by atoms with van der Waals surface area (Å²) >= 11 is 0. The zero-order valence-corrected chi connectivity index (χ0v) is 9.21. The van der Waals surface area contributed by atoms with Crippen molar-refractivity contribution in [2.45, 2.75) is 6.54 Å². The second-order valence-corrected chi connectivity index (χ2v) is 2.79. The van der Waals surface area contributed by atoms with E-state index in [2.05, 4.69) is 5.28 Å². The summed E-state index contributed by atoms with van der Waals surface area (Å²) in [5.41, 5.74) is 0.667. The normalized spacial score (nSPS) is 10.5. The highest BCUT2D eigenvalue weighted by atomic mass is 16.6. The van der Waals surface area contributed by atoms with Gasteiger partial charge in [0.05, 0.1) is 14.2 Å². The summed E-state index contributed by atoms with van der Waals surface area (Å²) in [6.45, 7) is -0.0448. The Morgan fingerprint density at radius 3 is 2.44 bits per heavy atom. The Balaban J connectivity index is 0.00000225. The van der Waals surface area contributed by atoms with Crippen LogP contribution in [-0.2, 0) is 6.54 Å². The standard InChI is InChI=1S/C9H12N2O4.H3N/c1-14-8-4-3-7(5-9(8)15-2)6-11(13)10-12;/h3-5,12H,6H2,1-2H3;1H3. The minimum atomic E-state index is -0.0448. The quantitative estimate of drug-likeness (QED) is 0.463. The molecule has 0 aliphatic carbocycles. The van der Waals surface area contributed by atoms with E-state index in [1.54, 1.807) is 18.2 Å². The lowest BCUT2D eigenvalue weighted by atomic mass is 10.2. The van der Waals surface area contributed by atoms with Crippen LogP contribution in [0.25, 0.3) is 0 Å². The van der Waals surface area contributed by atoms with Gasteiger partial charge in [-0.2, -0.15) is 0 Å². The lowest BCUT2D eigenvalue weighted by Gasteiger charge is -2.08. The van der Waals surface area contributed by atoms with Crippen LogP contribution in [0.1, 0.15) is 5.56 Å². The third-order valence-corrected chi connectivity index (χ3v) is 1.87. The highest BCUT2D eigenvalue weighted by Gasteiger charge is 2.07. The largest absolute Gasteiger partial charge is 0.597 e. The molecule has 4 N–H and O–H groups in total. The van der Waals surface area contributed by atoms with E-state index in [1.165, 1.54) is 14.2 Å². The van der Waals surface area contributed by atoms with Gasteiger partial charge in [0.1, 0.15) is 0 Å². The van der Waals surface area contributed by atoms with Crippen molar-refractivity contribution < 1.29 is 19.5 Å². The molecule has 16 heavy (non-hydrogen) atoms. The van der Waals surface area contributed by atoms with Crippen LogP contribution in [0.2, 0.25) is 0 Å². The summed E-state index contributed by atoms with van der Waals surface area (Å²) in [6.07, 6.45) is 0. The molecule has 0 bridgehead atoms. The molecule has 90 valence electrons. The lowest BCUT2D eigenvalue weighted by molar-refractivity contribution is -0.570. The first-order valence-corrected chi connectivity index (χ1v) is 4.22. The Kier molecular flexibility index (Phi) is 5.65. The number of nitrogens with zero attached hydrogens (tertiary/aromatic N) is 2. The maximum Gasteiger partial charge on any atom is 0.209 e. The van der Waals surface area contributed by atoms with E-state index in [4.69, 9.17) is 14.7 Å². The molecule has 1 aromatic carbocycles. The smallest absolute Gasteiger partial charge is 0.209 e. The van der Waals surface area contributed by atoms with Gasteiger partial charge in [0, 0.05) is 5.56 Å². The van der Waals surface area contributed by atoms with Gasteiger partial charge in [0.15, 0.2) is 16.8 Å². The summed E-state index contributed by atoms with van der Waals surface area (Å²) in [5, 5.41) is 21.5. The molecule has 0 radical (unpaired) electrons. The van der Waals surface area contributed by atoms with Gasteiger partial charge in [-0.3, -0.25) is 0 Å². The Morgan fingerprint density at radius 1 is 1.31 bits per heavy atom. The summed E-state index contributed by atoms with van der Waals surface area (Å²) in [4.78, 5) is 0.168. The van der Waals surface area contributed by atoms with Gasteiger partial charge >= 0.3 is 0 Å². The Labute approximate surface area is 93.0 Å². The second kappa shape index (κ2) is 6.46. The molecule has 1 rings (SSSR count). The highest BCUT2D eigenvalue weighted by molar-refractivity contribution is 5.42. The number of methoxy groups -OCH3 is 2. The molecular weight excluding hydrogens is 214 g/mol. The maximum absolute atomic E-state index is 10.8. The number of hydroxylamine groups is 1. The van der Waals surface area contributed by atoms with E-state index < -0.39 is 0 Å². The van der Waals surface area contributed by atoms with Gasteiger partial charge in [-0.1, -0.05) is 4.86 Å². The van der Waals surface area contributed by atoms with Gasteiger partial charge in [-0.05, 0) is 18.2 Å². The molecule has 7 heteroatoms. The maximum atomic E-state index is 10.8. The van der Waals surface area contributed by atoms with Crippen molar-refractivity contribution in [2.24, 2.45) is 5.28 Å². The van der Waals surface area contributed by atoms with Crippen molar-refractivity contribution in [3.8, 4) is 11.5 Å². The third-order valence-electron chi connectivity index (χ3n) is 1.87. The Hall–Kier alpha value is -2.02. The summed E-state index contributed by atoms with van der Waals surface area (Å²) in [6, 6.07) is 5.02. The molecule has 0 unspecified atom stereocenters. The first-order chi connectivity index (χ1) is 7.21. The van der Waals surface area contributed by atoms with Crippen molar-refractivity contribution in [1.82, 2.24) is 6.15 Å². The topological polar surface area (TPSA) is 112 Å². The zero-order chi connectivity index (χ0) is 11.3. The first kappa shape index (κ1) is 14.0. The fraction of sp³-hybridized carbons (Fsp3) is 0.333. The summed E-state index contributed by atoms with van der Waals surface area (Å²) < 4.78 is 10.1. The number of benzene rings is 1. The van der Waals surface area contributed by atoms with Crippen molar-refractivity contribution in [3.05, 3.63) is 29.0 Å². The molecule has 0 aliphatic heterocycles. The Bertz CT molecular complexity index is 368. The van der Waals surface area contributed by atoms with Gasteiger partial charge in [-0.25, -0.2) is 0 Å². The molecule has 7 nitrogen and oxygen atoms in total. The van der Waals surface area contributed by atoms with Gasteiger partial charge in [-0.15, -0.1) is 0 Å². The minimum Gasteiger partial charge on any atom is -0.597 e. The molecule has 1 aromatic rings. The number of ether oxygens (including phenoxy) is 2. The van der Waals surface area contributed by atoms with Crippen molar-refractivity contribution in [2.75, 3.05) is 14.2 Å².